The first-order valence-electron chi connectivity index (χ1n) is 8.26. The van der Waals surface area contributed by atoms with Crippen LogP contribution in [0.15, 0.2) is 65.7 Å². The number of carbonyl (C=O) groups is 1. The normalized spacial score (nSPS) is 10.8. The van der Waals surface area contributed by atoms with E-state index in [-0.39, 0.29) is 24.6 Å². The molecule has 0 atom stereocenters. The maximum absolute atomic E-state index is 12.4. The molecule has 0 aliphatic rings. The lowest BCUT2D eigenvalue weighted by Gasteiger charge is -2.08. The van der Waals surface area contributed by atoms with E-state index in [0.717, 1.165) is 5.69 Å². The number of hydrogen-bond acceptors (Lipinski definition) is 6. The van der Waals surface area contributed by atoms with Crippen LogP contribution < -0.4 is 10.9 Å². The van der Waals surface area contributed by atoms with E-state index in [0.29, 0.717) is 16.7 Å². The van der Waals surface area contributed by atoms with Crippen LogP contribution in [0.3, 0.4) is 0 Å². The number of nitrogens with one attached hydrogen (secondary N) is 1. The smallest absolute Gasteiger partial charge is 0.261 e. The third kappa shape index (κ3) is 3.43. The first-order valence-corrected chi connectivity index (χ1v) is 8.26. The number of para-hydroxylation sites is 2. The summed E-state index contributed by atoms with van der Waals surface area (Å²) in [4.78, 5) is 28.9. The average molecular weight is 361 g/mol. The van der Waals surface area contributed by atoms with E-state index in [1.54, 1.807) is 22.9 Å². The molecule has 27 heavy (non-hydrogen) atoms. The summed E-state index contributed by atoms with van der Waals surface area (Å²) in [6, 6.07) is 16.4. The maximum Gasteiger partial charge on any atom is 0.261 e. The van der Waals surface area contributed by atoms with E-state index in [1.807, 2.05) is 36.4 Å². The van der Waals surface area contributed by atoms with Gasteiger partial charge in [-0.25, -0.2) is 4.98 Å². The third-order valence-electron chi connectivity index (χ3n) is 4.02. The first-order chi connectivity index (χ1) is 13.2. The second-order valence-corrected chi connectivity index (χ2v) is 5.81. The molecule has 0 saturated heterocycles. The summed E-state index contributed by atoms with van der Waals surface area (Å²) >= 11 is 0. The summed E-state index contributed by atoms with van der Waals surface area (Å²) in [5.74, 6) is 0.148. The Morgan fingerprint density at radius 1 is 1.04 bits per heavy atom. The Morgan fingerprint density at radius 3 is 2.67 bits per heavy atom. The van der Waals surface area contributed by atoms with Gasteiger partial charge < -0.3 is 5.32 Å². The minimum absolute atomic E-state index is 0.135. The Morgan fingerprint density at radius 2 is 1.81 bits per heavy atom. The number of benzene rings is 2. The molecule has 9 nitrogen and oxygen atoms in total. The summed E-state index contributed by atoms with van der Waals surface area (Å²) in [6.45, 7) is 0.0000578. The van der Waals surface area contributed by atoms with Crippen LogP contribution in [0.2, 0.25) is 0 Å². The van der Waals surface area contributed by atoms with Crippen LogP contribution in [0.25, 0.3) is 16.6 Å². The van der Waals surface area contributed by atoms with Crippen molar-refractivity contribution in [1.82, 2.24) is 35.1 Å². The maximum atomic E-state index is 12.4. The predicted molar refractivity (Wildman–Crippen MR) is 97.0 cm³/mol. The molecule has 0 unspecified atom stereocenters. The van der Waals surface area contributed by atoms with Gasteiger partial charge in [-0.15, -0.1) is 5.10 Å². The zero-order valence-electron chi connectivity index (χ0n) is 14.2. The van der Waals surface area contributed by atoms with Crippen molar-refractivity contribution in [3.8, 4) is 5.69 Å². The highest BCUT2D eigenvalue weighted by Gasteiger charge is 2.11. The minimum Gasteiger partial charge on any atom is -0.347 e. The molecule has 134 valence electrons. The Hall–Kier alpha value is -3.88. The van der Waals surface area contributed by atoms with Gasteiger partial charge >= 0.3 is 0 Å². The number of fused-ring (bicyclic) bond motifs is 1. The lowest BCUT2D eigenvalue weighted by molar-refractivity contribution is -0.121. The molecule has 4 rings (SSSR count). The SMILES string of the molecule is O=C(Cn1cnc2ccccc2c1=O)NCc1nnnn1-c1ccccc1. The zero-order chi connectivity index (χ0) is 18.6. The molecule has 2 heterocycles. The van der Waals surface area contributed by atoms with Gasteiger partial charge in [0.1, 0.15) is 6.54 Å². The van der Waals surface area contributed by atoms with E-state index in [4.69, 9.17) is 0 Å². The van der Waals surface area contributed by atoms with Crippen LogP contribution in [0, 0.1) is 0 Å². The van der Waals surface area contributed by atoms with Crippen LogP contribution in [0.5, 0.6) is 0 Å². The molecule has 1 amide bonds. The molecular formula is C18H15N7O2. The molecule has 2 aromatic carbocycles. The summed E-state index contributed by atoms with van der Waals surface area (Å²) < 4.78 is 2.82. The van der Waals surface area contributed by atoms with Crippen LogP contribution >= 0.6 is 0 Å². The highest BCUT2D eigenvalue weighted by atomic mass is 16.2. The first kappa shape index (κ1) is 16.6. The summed E-state index contributed by atoms with van der Waals surface area (Å²) in [5.41, 5.74) is 1.13. The van der Waals surface area contributed by atoms with Crippen molar-refractivity contribution in [3.05, 3.63) is 77.1 Å². The van der Waals surface area contributed by atoms with Gasteiger partial charge in [0, 0.05) is 0 Å². The molecule has 0 aliphatic heterocycles. The molecule has 0 spiro atoms. The number of tetrazole rings is 1. The fourth-order valence-corrected chi connectivity index (χ4v) is 2.69. The molecular weight excluding hydrogens is 346 g/mol. The highest BCUT2D eigenvalue weighted by molar-refractivity contribution is 5.78. The standard InChI is InChI=1S/C18H15N7O2/c26-17(11-24-12-20-15-9-5-4-8-14(15)18(24)27)19-10-16-21-22-23-25(16)13-6-2-1-3-7-13/h1-9,12H,10-11H2,(H,19,26). The molecule has 2 aromatic heterocycles. The van der Waals surface area contributed by atoms with E-state index in [2.05, 4.69) is 25.8 Å². The van der Waals surface area contributed by atoms with Gasteiger partial charge in [-0.3, -0.25) is 14.2 Å². The Kier molecular flexibility index (Phi) is 4.40. The molecule has 0 saturated carbocycles. The lowest BCUT2D eigenvalue weighted by Crippen LogP contribution is -2.32. The van der Waals surface area contributed by atoms with Gasteiger partial charge in [-0.05, 0) is 34.7 Å². The Bertz CT molecular complexity index is 1150. The van der Waals surface area contributed by atoms with Gasteiger partial charge in [0.15, 0.2) is 5.82 Å². The second-order valence-electron chi connectivity index (χ2n) is 5.81. The number of amides is 1. The molecule has 4 aromatic rings. The van der Waals surface area contributed by atoms with Crippen molar-refractivity contribution >= 4 is 16.8 Å². The lowest BCUT2D eigenvalue weighted by atomic mass is 10.2. The van der Waals surface area contributed by atoms with Crippen LogP contribution in [0.4, 0.5) is 0 Å². The zero-order valence-corrected chi connectivity index (χ0v) is 14.2. The van der Waals surface area contributed by atoms with E-state index < -0.39 is 0 Å². The summed E-state index contributed by atoms with van der Waals surface area (Å²) in [7, 11) is 0. The van der Waals surface area contributed by atoms with Crippen LogP contribution in [-0.4, -0.2) is 35.7 Å². The fraction of sp³-hybridized carbons (Fsp3) is 0.111. The van der Waals surface area contributed by atoms with Crippen LogP contribution in [0.1, 0.15) is 5.82 Å². The monoisotopic (exact) mass is 361 g/mol. The van der Waals surface area contributed by atoms with Gasteiger partial charge in [-0.1, -0.05) is 30.3 Å². The number of aromatic nitrogens is 6. The van der Waals surface area contributed by atoms with Crippen molar-refractivity contribution in [2.45, 2.75) is 13.1 Å². The Balaban J connectivity index is 1.47. The molecule has 1 N–H and O–H groups in total. The number of hydrogen-bond donors (Lipinski definition) is 1. The number of carbonyl (C=O) groups excluding carboxylic acids is 1. The van der Waals surface area contributed by atoms with E-state index in [1.165, 1.54) is 10.9 Å². The van der Waals surface area contributed by atoms with Crippen molar-refractivity contribution in [2.24, 2.45) is 0 Å². The number of rotatable bonds is 5. The third-order valence-corrected chi connectivity index (χ3v) is 4.02. The summed E-state index contributed by atoms with van der Waals surface area (Å²) in [6.07, 6.45) is 1.37. The summed E-state index contributed by atoms with van der Waals surface area (Å²) in [5, 5.41) is 14.7. The van der Waals surface area contributed by atoms with Crippen molar-refractivity contribution < 1.29 is 4.79 Å². The van der Waals surface area contributed by atoms with E-state index in [9.17, 15) is 9.59 Å². The number of nitrogens with zero attached hydrogens (tertiary/aromatic N) is 6. The second kappa shape index (κ2) is 7.16. The molecule has 0 fully saturated rings. The predicted octanol–water partition coefficient (Wildman–Crippen LogP) is 0.689. The Labute approximate surface area is 153 Å². The quantitative estimate of drug-likeness (QED) is 0.560. The average Bonchev–Trinajstić information content (AvgIpc) is 3.18. The molecule has 9 heteroatoms. The van der Waals surface area contributed by atoms with Gasteiger partial charge in [-0.2, -0.15) is 4.68 Å². The van der Waals surface area contributed by atoms with Gasteiger partial charge in [0.05, 0.1) is 29.5 Å². The topological polar surface area (TPSA) is 108 Å². The minimum atomic E-state index is -0.336. The fourth-order valence-electron chi connectivity index (χ4n) is 2.69. The van der Waals surface area contributed by atoms with Crippen molar-refractivity contribution in [2.75, 3.05) is 0 Å². The van der Waals surface area contributed by atoms with E-state index >= 15 is 0 Å². The molecule has 0 bridgehead atoms. The van der Waals surface area contributed by atoms with Crippen molar-refractivity contribution in [3.63, 3.8) is 0 Å². The largest absolute Gasteiger partial charge is 0.347 e. The van der Waals surface area contributed by atoms with Gasteiger partial charge in [0.2, 0.25) is 5.91 Å². The molecule has 0 radical (unpaired) electrons. The highest BCUT2D eigenvalue weighted by Crippen LogP contribution is 2.07. The van der Waals surface area contributed by atoms with Gasteiger partial charge in [0.25, 0.3) is 5.56 Å². The van der Waals surface area contributed by atoms with Crippen molar-refractivity contribution in [1.29, 1.82) is 0 Å². The van der Waals surface area contributed by atoms with Crippen LogP contribution in [-0.2, 0) is 17.9 Å². The molecule has 0 aliphatic carbocycles.